The van der Waals surface area contributed by atoms with Crippen LogP contribution in [0.3, 0.4) is 0 Å². The third kappa shape index (κ3) is 9.21. The van der Waals surface area contributed by atoms with Crippen LogP contribution in [0.5, 0.6) is 0 Å². The van der Waals surface area contributed by atoms with E-state index in [1.165, 1.54) is 0 Å². The Kier molecular flexibility index (Phi) is 100.0. The van der Waals surface area contributed by atoms with E-state index in [-0.39, 0.29) is 115 Å². The summed E-state index contributed by atoms with van der Waals surface area (Å²) in [5.74, 6) is 0. The van der Waals surface area contributed by atoms with Crippen LogP contribution in [0, 0.1) is 0 Å². The Morgan fingerprint density at radius 2 is 1.00 bits per heavy atom. The van der Waals surface area contributed by atoms with E-state index in [4.69, 9.17) is 0 Å². The summed E-state index contributed by atoms with van der Waals surface area (Å²) in [6.07, 6.45) is 0. The van der Waals surface area contributed by atoms with Crippen LogP contribution >= 0.6 is 0 Å². The van der Waals surface area contributed by atoms with Crippen molar-refractivity contribution in [1.29, 1.82) is 0 Å². The molecule has 4 heavy (non-hydrogen) atoms. The average Bonchev–Trinajstić information content (AvgIpc) is 0. The van der Waals surface area contributed by atoms with E-state index in [9.17, 15) is 0 Å². The molecule has 0 aromatic heterocycles. The van der Waals surface area contributed by atoms with E-state index >= 15 is 0 Å². The Bertz CT molecular complexity index is 8.00. The molecule has 0 rings (SSSR count). The fourth-order valence-corrected chi connectivity index (χ4v) is 0. The fourth-order valence-electron chi connectivity index (χ4n) is 0. The van der Waals surface area contributed by atoms with Crippen LogP contribution in [-0.2, 0) is 22.4 Å². The molecule has 0 N–H and O–H groups in total. The Morgan fingerprint density at radius 1 is 1.00 bits per heavy atom. The molecule has 0 atom stereocenters. The molecular formula is H8AgAlBaBi. The van der Waals surface area contributed by atoms with Gasteiger partial charge in [0.05, 0.1) is 0 Å². The first-order valence-electron chi connectivity index (χ1n) is 0. The summed E-state index contributed by atoms with van der Waals surface area (Å²) in [5.41, 5.74) is 0. The Morgan fingerprint density at radius 3 is 1.00 bits per heavy atom. The second-order valence-electron chi connectivity index (χ2n) is 0. The van der Waals surface area contributed by atoms with Crippen LogP contribution in [0.4, 0.5) is 0 Å². The van der Waals surface area contributed by atoms with Gasteiger partial charge in [-0.1, -0.05) is 0 Å². The minimum absolute atomic E-state index is 0. The van der Waals surface area contributed by atoms with Gasteiger partial charge in [-0.2, -0.15) is 0 Å². The number of hydrogen-bond donors (Lipinski definition) is 0. The summed E-state index contributed by atoms with van der Waals surface area (Å²) < 4.78 is 0. The van der Waals surface area contributed by atoms with Crippen molar-refractivity contribution in [2.24, 2.45) is 0 Å². The number of hydrogen-bond acceptors (Lipinski definition) is 0. The van der Waals surface area contributed by atoms with Crippen molar-refractivity contribution in [2.45, 2.75) is 0 Å². The van der Waals surface area contributed by atoms with Crippen LogP contribution in [0.1, 0.15) is 0 Å². The van der Waals surface area contributed by atoms with Crippen molar-refractivity contribution < 1.29 is 22.4 Å². The molecule has 0 spiro atoms. The van der Waals surface area contributed by atoms with Crippen molar-refractivity contribution in [3.8, 4) is 0 Å². The molecule has 0 aromatic rings. The quantitative estimate of drug-likeness (QED) is 0.314. The molecule has 0 aromatic carbocycles. The van der Waals surface area contributed by atoms with Gasteiger partial charge in [0.2, 0.25) is 0 Å². The second-order valence-corrected chi connectivity index (χ2v) is 0. The molecule has 0 amide bonds. The van der Waals surface area contributed by atoms with E-state index in [2.05, 4.69) is 0 Å². The molecule has 0 saturated carbocycles. The Labute approximate surface area is 112 Å². The standard InChI is InChI=1S/Ag.Al.Ba.Bi.8H. The minimum atomic E-state index is 0. The summed E-state index contributed by atoms with van der Waals surface area (Å²) in [6.45, 7) is 0. The first kappa shape index (κ1) is 25.2. The topological polar surface area (TPSA) is 0 Å². The SMILES string of the molecule is [Ag].[AlH3].[BaH2].[BiH3]. The summed E-state index contributed by atoms with van der Waals surface area (Å²) in [6, 6.07) is 0. The molecule has 0 heterocycles. The zero-order valence-corrected chi connectivity index (χ0v) is 7.99. The Hall–Kier alpha value is 3.73. The van der Waals surface area contributed by atoms with Gasteiger partial charge < -0.3 is 0 Å². The van der Waals surface area contributed by atoms with Crippen molar-refractivity contribution >= 4 is 92.4 Å². The molecule has 29 valence electrons. The Balaban J connectivity index is 0. The van der Waals surface area contributed by atoms with Crippen molar-refractivity contribution in [3.63, 3.8) is 0 Å². The van der Waals surface area contributed by atoms with Crippen LogP contribution < -0.4 is 0 Å². The molecule has 0 bridgehead atoms. The van der Waals surface area contributed by atoms with Crippen LogP contribution in [-0.4, -0.2) is 92.4 Å². The van der Waals surface area contributed by atoms with Gasteiger partial charge in [-0.15, -0.1) is 0 Å². The van der Waals surface area contributed by atoms with Crippen LogP contribution in [0.2, 0.25) is 0 Å². The summed E-state index contributed by atoms with van der Waals surface area (Å²) in [5, 5.41) is 0. The first-order valence-corrected chi connectivity index (χ1v) is 0. The predicted molar refractivity (Wildman–Crippen MR) is 28.4 cm³/mol. The molecule has 0 aliphatic heterocycles. The molecule has 0 saturated heterocycles. The van der Waals surface area contributed by atoms with Gasteiger partial charge in [0, 0.05) is 22.4 Å². The van der Waals surface area contributed by atoms with E-state index in [0.717, 1.165) is 0 Å². The van der Waals surface area contributed by atoms with Crippen LogP contribution in [0.25, 0.3) is 0 Å². The van der Waals surface area contributed by atoms with Gasteiger partial charge in [0.1, 0.15) is 0 Å². The van der Waals surface area contributed by atoms with E-state index in [1.54, 1.807) is 0 Å². The van der Waals surface area contributed by atoms with E-state index in [0.29, 0.717) is 0 Å². The van der Waals surface area contributed by atoms with Gasteiger partial charge in [-0.05, 0) is 0 Å². The molecule has 0 unspecified atom stereocenters. The van der Waals surface area contributed by atoms with Gasteiger partial charge in [-0.25, -0.2) is 0 Å². The van der Waals surface area contributed by atoms with E-state index < -0.39 is 0 Å². The van der Waals surface area contributed by atoms with Crippen molar-refractivity contribution in [2.75, 3.05) is 0 Å². The zero-order chi connectivity index (χ0) is 0. The normalized spacial score (nSPS) is 0. The summed E-state index contributed by atoms with van der Waals surface area (Å²) in [7, 11) is 0. The van der Waals surface area contributed by atoms with Crippen molar-refractivity contribution in [1.82, 2.24) is 0 Å². The van der Waals surface area contributed by atoms with Gasteiger partial charge in [0.15, 0.2) is 17.4 Å². The van der Waals surface area contributed by atoms with Gasteiger partial charge >= 0.3 is 75.1 Å². The second kappa shape index (κ2) is 15.9. The maximum atomic E-state index is 0. The maximum absolute atomic E-state index is 0. The average molecular weight is 489 g/mol. The third-order valence-electron chi connectivity index (χ3n) is 0. The zero-order valence-electron chi connectivity index (χ0n) is 1.01. The molecule has 0 fully saturated rings. The molecule has 0 aliphatic carbocycles. The third-order valence-corrected chi connectivity index (χ3v) is 0. The molecule has 0 aliphatic rings. The monoisotopic (exact) mass is 489 g/mol. The van der Waals surface area contributed by atoms with Gasteiger partial charge in [0.25, 0.3) is 0 Å². The molecular weight excluding hydrogens is 481 g/mol. The van der Waals surface area contributed by atoms with E-state index in [1.807, 2.05) is 0 Å². The van der Waals surface area contributed by atoms with Crippen molar-refractivity contribution in [3.05, 3.63) is 0 Å². The molecule has 4 heteroatoms. The number of rotatable bonds is 0. The first-order chi connectivity index (χ1) is 0. The fraction of sp³-hybridized carbons (Fsp3) is 0. The predicted octanol–water partition coefficient (Wildman–Crippen LogP) is -3.29. The van der Waals surface area contributed by atoms with Gasteiger partial charge in [-0.3, -0.25) is 0 Å². The molecule has 1 radical (unpaired) electrons. The summed E-state index contributed by atoms with van der Waals surface area (Å²) >= 11 is 0. The summed E-state index contributed by atoms with van der Waals surface area (Å²) in [4.78, 5) is 0. The molecule has 0 nitrogen and oxygen atoms in total. The van der Waals surface area contributed by atoms with Crippen LogP contribution in [0.15, 0.2) is 0 Å².